The molecular formula is C16H20N2. The standard InChI is InChI=1S/C16H20N2/c17-9-2-10-18(16-7-8-16)12-13-5-6-14-3-1-4-15(14)11-13/h5-6,11,16H,1-4,7-8,10,12H2. The van der Waals surface area contributed by atoms with Crippen molar-refractivity contribution in [1.29, 1.82) is 5.26 Å². The molecule has 1 fully saturated rings. The van der Waals surface area contributed by atoms with E-state index in [0.717, 1.165) is 19.1 Å². The minimum atomic E-state index is 0.654. The van der Waals surface area contributed by atoms with E-state index in [2.05, 4.69) is 29.2 Å². The highest BCUT2D eigenvalue weighted by Crippen LogP contribution is 2.29. The first kappa shape index (κ1) is 11.7. The number of rotatable bonds is 5. The number of benzene rings is 1. The van der Waals surface area contributed by atoms with E-state index in [9.17, 15) is 0 Å². The second-order valence-electron chi connectivity index (χ2n) is 5.57. The van der Waals surface area contributed by atoms with E-state index in [0.29, 0.717) is 6.42 Å². The van der Waals surface area contributed by atoms with Crippen LogP contribution in [0.15, 0.2) is 18.2 Å². The number of nitriles is 1. The van der Waals surface area contributed by atoms with Crippen molar-refractivity contribution in [3.05, 3.63) is 34.9 Å². The molecule has 0 bridgehead atoms. The summed E-state index contributed by atoms with van der Waals surface area (Å²) in [6.45, 7) is 1.96. The van der Waals surface area contributed by atoms with Gasteiger partial charge in [0.25, 0.3) is 0 Å². The van der Waals surface area contributed by atoms with E-state index < -0.39 is 0 Å². The van der Waals surface area contributed by atoms with Crippen LogP contribution in [0.5, 0.6) is 0 Å². The van der Waals surface area contributed by atoms with Crippen LogP contribution >= 0.6 is 0 Å². The van der Waals surface area contributed by atoms with Gasteiger partial charge in [-0.15, -0.1) is 0 Å². The lowest BCUT2D eigenvalue weighted by atomic mass is 10.1. The van der Waals surface area contributed by atoms with Gasteiger partial charge in [0.1, 0.15) is 0 Å². The molecule has 0 aliphatic heterocycles. The molecule has 0 saturated heterocycles. The minimum absolute atomic E-state index is 0.654. The van der Waals surface area contributed by atoms with Gasteiger partial charge in [0, 0.05) is 25.6 Å². The van der Waals surface area contributed by atoms with Crippen LogP contribution in [0.3, 0.4) is 0 Å². The Balaban J connectivity index is 1.68. The summed E-state index contributed by atoms with van der Waals surface area (Å²) in [5, 5.41) is 8.73. The zero-order chi connectivity index (χ0) is 12.4. The number of hydrogen-bond acceptors (Lipinski definition) is 2. The zero-order valence-electron chi connectivity index (χ0n) is 10.9. The van der Waals surface area contributed by atoms with Crippen LogP contribution in [-0.2, 0) is 19.4 Å². The van der Waals surface area contributed by atoms with Gasteiger partial charge in [0.2, 0.25) is 0 Å². The Kier molecular flexibility index (Phi) is 3.34. The third kappa shape index (κ3) is 2.57. The molecule has 0 atom stereocenters. The fourth-order valence-electron chi connectivity index (χ4n) is 2.98. The Hall–Kier alpha value is -1.33. The second-order valence-corrected chi connectivity index (χ2v) is 5.57. The summed E-state index contributed by atoms with van der Waals surface area (Å²) in [6, 6.07) is 10.00. The molecule has 2 aliphatic rings. The summed E-state index contributed by atoms with van der Waals surface area (Å²) in [5.74, 6) is 0. The Bertz CT molecular complexity index is 468. The second kappa shape index (κ2) is 5.12. The van der Waals surface area contributed by atoms with E-state index in [1.54, 1.807) is 11.1 Å². The van der Waals surface area contributed by atoms with Gasteiger partial charge in [-0.2, -0.15) is 5.26 Å². The van der Waals surface area contributed by atoms with Gasteiger partial charge in [-0.05, 0) is 48.8 Å². The summed E-state index contributed by atoms with van der Waals surface area (Å²) in [6.07, 6.45) is 7.12. The first-order chi connectivity index (χ1) is 8.86. The molecule has 0 N–H and O–H groups in total. The molecule has 2 nitrogen and oxygen atoms in total. The average molecular weight is 240 g/mol. The van der Waals surface area contributed by atoms with Crippen LogP contribution in [0.1, 0.15) is 42.4 Å². The molecule has 0 amide bonds. The zero-order valence-corrected chi connectivity index (χ0v) is 10.9. The molecule has 1 aromatic carbocycles. The normalized spacial score (nSPS) is 17.8. The third-order valence-corrected chi connectivity index (χ3v) is 4.12. The molecule has 0 spiro atoms. The fraction of sp³-hybridized carbons (Fsp3) is 0.562. The molecule has 2 aliphatic carbocycles. The number of nitrogens with zero attached hydrogens (tertiary/aromatic N) is 2. The maximum atomic E-state index is 8.73. The first-order valence-corrected chi connectivity index (χ1v) is 7.08. The van der Waals surface area contributed by atoms with Crippen LogP contribution in [0.25, 0.3) is 0 Å². The van der Waals surface area contributed by atoms with E-state index in [4.69, 9.17) is 5.26 Å². The van der Waals surface area contributed by atoms with E-state index in [1.165, 1.54) is 37.7 Å². The molecule has 0 radical (unpaired) electrons. The molecule has 94 valence electrons. The van der Waals surface area contributed by atoms with Crippen LogP contribution in [0.2, 0.25) is 0 Å². The summed E-state index contributed by atoms with van der Waals surface area (Å²) >= 11 is 0. The quantitative estimate of drug-likeness (QED) is 0.791. The Morgan fingerprint density at radius 3 is 2.83 bits per heavy atom. The van der Waals surface area contributed by atoms with Crippen LogP contribution in [0, 0.1) is 11.3 Å². The van der Waals surface area contributed by atoms with Crippen molar-refractivity contribution in [1.82, 2.24) is 4.90 Å². The van der Waals surface area contributed by atoms with Gasteiger partial charge >= 0.3 is 0 Å². The van der Waals surface area contributed by atoms with E-state index in [-0.39, 0.29) is 0 Å². The molecule has 0 heterocycles. The molecule has 0 unspecified atom stereocenters. The Morgan fingerprint density at radius 2 is 2.06 bits per heavy atom. The SMILES string of the molecule is N#CCCN(Cc1ccc2c(c1)CCC2)C1CC1. The molecule has 2 heteroatoms. The minimum Gasteiger partial charge on any atom is -0.295 e. The first-order valence-electron chi connectivity index (χ1n) is 7.08. The largest absolute Gasteiger partial charge is 0.295 e. The lowest BCUT2D eigenvalue weighted by molar-refractivity contribution is 0.261. The van der Waals surface area contributed by atoms with Gasteiger partial charge in [-0.25, -0.2) is 0 Å². The highest BCUT2D eigenvalue weighted by Gasteiger charge is 2.28. The molecular weight excluding hydrogens is 220 g/mol. The van der Waals surface area contributed by atoms with Crippen molar-refractivity contribution < 1.29 is 0 Å². The summed E-state index contributed by atoms with van der Waals surface area (Å²) in [4.78, 5) is 2.49. The molecule has 1 aromatic rings. The van der Waals surface area contributed by atoms with Gasteiger partial charge < -0.3 is 0 Å². The van der Waals surface area contributed by atoms with Crippen molar-refractivity contribution in [2.24, 2.45) is 0 Å². The monoisotopic (exact) mass is 240 g/mol. The van der Waals surface area contributed by atoms with E-state index in [1.807, 2.05) is 0 Å². The average Bonchev–Trinajstić information content (AvgIpc) is 3.12. The number of aryl methyl sites for hydroxylation is 2. The van der Waals surface area contributed by atoms with Crippen LogP contribution in [0.4, 0.5) is 0 Å². The lowest BCUT2D eigenvalue weighted by Gasteiger charge is -2.21. The highest BCUT2D eigenvalue weighted by molar-refractivity contribution is 5.35. The summed E-state index contributed by atoms with van der Waals surface area (Å²) in [7, 11) is 0. The maximum absolute atomic E-state index is 8.73. The van der Waals surface area contributed by atoms with Gasteiger partial charge in [-0.1, -0.05) is 18.2 Å². The summed E-state index contributed by atoms with van der Waals surface area (Å²) < 4.78 is 0. The highest BCUT2D eigenvalue weighted by atomic mass is 15.2. The van der Waals surface area contributed by atoms with Crippen LogP contribution < -0.4 is 0 Å². The smallest absolute Gasteiger partial charge is 0.0635 e. The van der Waals surface area contributed by atoms with Crippen LogP contribution in [-0.4, -0.2) is 17.5 Å². The Labute approximate surface area is 109 Å². The van der Waals surface area contributed by atoms with Crippen molar-refractivity contribution in [3.63, 3.8) is 0 Å². The molecule has 18 heavy (non-hydrogen) atoms. The lowest BCUT2D eigenvalue weighted by Crippen LogP contribution is -2.26. The number of fused-ring (bicyclic) bond motifs is 1. The predicted molar refractivity (Wildman–Crippen MR) is 72.1 cm³/mol. The van der Waals surface area contributed by atoms with Crippen molar-refractivity contribution in [2.45, 2.75) is 51.1 Å². The summed E-state index contributed by atoms with van der Waals surface area (Å²) in [5.41, 5.74) is 4.54. The molecule has 3 rings (SSSR count). The number of hydrogen-bond donors (Lipinski definition) is 0. The predicted octanol–water partition coefficient (Wildman–Crippen LogP) is 3.05. The van der Waals surface area contributed by atoms with Crippen molar-refractivity contribution in [3.8, 4) is 6.07 Å². The Morgan fingerprint density at radius 1 is 1.22 bits per heavy atom. The molecule has 1 saturated carbocycles. The molecule has 0 aromatic heterocycles. The van der Waals surface area contributed by atoms with Crippen molar-refractivity contribution in [2.75, 3.05) is 6.54 Å². The fourth-order valence-corrected chi connectivity index (χ4v) is 2.98. The van der Waals surface area contributed by atoms with Gasteiger partial charge in [0.15, 0.2) is 0 Å². The topological polar surface area (TPSA) is 27.0 Å². The van der Waals surface area contributed by atoms with Crippen molar-refractivity contribution >= 4 is 0 Å². The van der Waals surface area contributed by atoms with E-state index >= 15 is 0 Å². The van der Waals surface area contributed by atoms with Gasteiger partial charge in [-0.3, -0.25) is 4.90 Å². The third-order valence-electron chi connectivity index (χ3n) is 4.12. The van der Waals surface area contributed by atoms with Gasteiger partial charge in [0.05, 0.1) is 6.07 Å². The maximum Gasteiger partial charge on any atom is 0.0635 e.